The summed E-state index contributed by atoms with van der Waals surface area (Å²) in [6.07, 6.45) is 0.972. The van der Waals surface area contributed by atoms with Gasteiger partial charge in [0.15, 0.2) is 0 Å². The summed E-state index contributed by atoms with van der Waals surface area (Å²) in [6, 6.07) is 13.0. The highest BCUT2D eigenvalue weighted by Crippen LogP contribution is 2.17. The fraction of sp³-hybridized carbons (Fsp3) is 0.391. The molecule has 0 bridgehead atoms. The lowest BCUT2D eigenvalue weighted by Crippen LogP contribution is -2.11. The summed E-state index contributed by atoms with van der Waals surface area (Å²) in [5, 5.41) is 0. The van der Waals surface area contributed by atoms with Gasteiger partial charge in [0.1, 0.15) is 18.1 Å². The van der Waals surface area contributed by atoms with Crippen molar-refractivity contribution < 1.29 is 28.5 Å². The zero-order chi connectivity index (χ0) is 21.1. The van der Waals surface area contributed by atoms with E-state index in [0.29, 0.717) is 42.6 Å². The molecule has 2 aromatic carbocycles. The van der Waals surface area contributed by atoms with Crippen molar-refractivity contribution in [3.8, 4) is 11.5 Å². The molecule has 0 saturated carbocycles. The van der Waals surface area contributed by atoms with Crippen molar-refractivity contribution in [3.63, 3.8) is 0 Å². The molecule has 0 fully saturated rings. The number of benzene rings is 2. The molecular formula is C23H28O6. The van der Waals surface area contributed by atoms with Gasteiger partial charge in [0.05, 0.1) is 24.3 Å². The van der Waals surface area contributed by atoms with Gasteiger partial charge in [0, 0.05) is 6.61 Å². The average molecular weight is 400 g/mol. The van der Waals surface area contributed by atoms with E-state index in [2.05, 4.69) is 13.8 Å². The minimum absolute atomic E-state index is 0.195. The number of carbonyl (C=O) groups excluding carboxylic acids is 2. The number of carbonyl (C=O) groups is 2. The van der Waals surface area contributed by atoms with Crippen LogP contribution in [0, 0.1) is 5.92 Å². The number of esters is 2. The highest BCUT2D eigenvalue weighted by atomic mass is 16.6. The Kier molecular flexibility index (Phi) is 9.18. The summed E-state index contributed by atoms with van der Waals surface area (Å²) < 4.78 is 21.2. The summed E-state index contributed by atoms with van der Waals surface area (Å²) in [5.74, 6) is 0.710. The molecule has 0 atom stereocenters. The molecule has 0 spiro atoms. The van der Waals surface area contributed by atoms with Crippen molar-refractivity contribution in [3.05, 3.63) is 59.7 Å². The largest absolute Gasteiger partial charge is 0.494 e. The van der Waals surface area contributed by atoms with Gasteiger partial charge in [0.2, 0.25) is 0 Å². The van der Waals surface area contributed by atoms with Crippen molar-refractivity contribution in [2.45, 2.75) is 27.2 Å². The van der Waals surface area contributed by atoms with E-state index in [1.165, 1.54) is 0 Å². The van der Waals surface area contributed by atoms with E-state index in [-0.39, 0.29) is 6.61 Å². The molecule has 2 rings (SSSR count). The van der Waals surface area contributed by atoms with Crippen molar-refractivity contribution >= 4 is 11.9 Å². The maximum atomic E-state index is 12.3. The fourth-order valence-corrected chi connectivity index (χ4v) is 2.35. The minimum Gasteiger partial charge on any atom is -0.494 e. The van der Waals surface area contributed by atoms with Gasteiger partial charge in [-0.2, -0.15) is 0 Å². The number of hydrogen-bond donors (Lipinski definition) is 0. The second kappa shape index (κ2) is 11.9. The van der Waals surface area contributed by atoms with Gasteiger partial charge in [-0.1, -0.05) is 13.8 Å². The standard InChI is InChI=1S/C23H28O6/c1-4-26-15-16-28-22(24)18-7-11-21(12-8-18)29-23(25)19-5-9-20(10-6-19)27-14-13-17(2)3/h5-12,17H,4,13-16H2,1-3H3. The molecule has 156 valence electrons. The van der Waals surface area contributed by atoms with E-state index in [0.717, 1.165) is 12.2 Å². The lowest BCUT2D eigenvalue weighted by atomic mass is 10.1. The highest BCUT2D eigenvalue weighted by Gasteiger charge is 2.11. The van der Waals surface area contributed by atoms with Gasteiger partial charge in [-0.3, -0.25) is 0 Å². The minimum atomic E-state index is -0.481. The summed E-state index contributed by atoms with van der Waals surface area (Å²) in [5.41, 5.74) is 0.796. The molecule has 0 aliphatic heterocycles. The van der Waals surface area contributed by atoms with Crippen molar-refractivity contribution in [2.24, 2.45) is 5.92 Å². The SMILES string of the molecule is CCOCCOC(=O)c1ccc(OC(=O)c2ccc(OCCC(C)C)cc2)cc1. The zero-order valence-electron chi connectivity index (χ0n) is 17.2. The van der Waals surface area contributed by atoms with Crippen LogP contribution in [0.5, 0.6) is 11.5 Å². The van der Waals surface area contributed by atoms with E-state index in [1.807, 2.05) is 6.92 Å². The molecule has 0 N–H and O–H groups in total. The van der Waals surface area contributed by atoms with Crippen LogP contribution in [-0.2, 0) is 9.47 Å². The normalized spacial score (nSPS) is 10.6. The second-order valence-electron chi connectivity index (χ2n) is 6.80. The third-order valence-electron chi connectivity index (χ3n) is 4.02. The monoisotopic (exact) mass is 400 g/mol. The van der Waals surface area contributed by atoms with Gasteiger partial charge >= 0.3 is 11.9 Å². The maximum Gasteiger partial charge on any atom is 0.343 e. The van der Waals surface area contributed by atoms with Gasteiger partial charge < -0.3 is 18.9 Å². The van der Waals surface area contributed by atoms with Crippen LogP contribution in [-0.4, -0.2) is 38.4 Å². The summed E-state index contributed by atoms with van der Waals surface area (Å²) in [4.78, 5) is 24.2. The van der Waals surface area contributed by atoms with Gasteiger partial charge in [-0.05, 0) is 67.8 Å². The molecule has 2 aromatic rings. The van der Waals surface area contributed by atoms with Crippen LogP contribution >= 0.6 is 0 Å². The van der Waals surface area contributed by atoms with Gasteiger partial charge in [-0.15, -0.1) is 0 Å². The summed E-state index contributed by atoms with van der Waals surface area (Å²) >= 11 is 0. The zero-order valence-corrected chi connectivity index (χ0v) is 17.2. The highest BCUT2D eigenvalue weighted by molar-refractivity contribution is 5.92. The molecule has 0 aliphatic carbocycles. The van der Waals surface area contributed by atoms with E-state index in [1.54, 1.807) is 48.5 Å². The lowest BCUT2D eigenvalue weighted by molar-refractivity contribution is 0.0335. The number of hydrogen-bond acceptors (Lipinski definition) is 6. The lowest BCUT2D eigenvalue weighted by Gasteiger charge is -2.09. The third-order valence-corrected chi connectivity index (χ3v) is 4.02. The summed E-state index contributed by atoms with van der Waals surface area (Å²) in [6.45, 7) is 7.92. The topological polar surface area (TPSA) is 71.1 Å². The van der Waals surface area contributed by atoms with Crippen LogP contribution in [0.25, 0.3) is 0 Å². The van der Waals surface area contributed by atoms with E-state index < -0.39 is 11.9 Å². The predicted molar refractivity (Wildman–Crippen MR) is 110 cm³/mol. The quantitative estimate of drug-likeness (QED) is 0.314. The Labute approximate surface area is 171 Å². The van der Waals surface area contributed by atoms with Crippen LogP contribution in [0.1, 0.15) is 47.9 Å². The van der Waals surface area contributed by atoms with Crippen LogP contribution in [0.3, 0.4) is 0 Å². The molecule has 0 radical (unpaired) electrons. The van der Waals surface area contributed by atoms with Crippen LogP contribution in [0.2, 0.25) is 0 Å². The number of rotatable bonds is 11. The van der Waals surface area contributed by atoms with E-state index in [9.17, 15) is 9.59 Å². The Balaban J connectivity index is 1.84. The fourth-order valence-electron chi connectivity index (χ4n) is 2.35. The Morgan fingerprint density at radius 3 is 1.97 bits per heavy atom. The van der Waals surface area contributed by atoms with Gasteiger partial charge in [0.25, 0.3) is 0 Å². The Hall–Kier alpha value is -2.86. The molecule has 6 heteroatoms. The van der Waals surface area contributed by atoms with Crippen molar-refractivity contribution in [2.75, 3.05) is 26.4 Å². The molecule has 0 aliphatic rings. The first kappa shape index (κ1) is 22.4. The molecule has 0 amide bonds. The van der Waals surface area contributed by atoms with E-state index in [4.69, 9.17) is 18.9 Å². The molecular weight excluding hydrogens is 372 g/mol. The molecule has 0 saturated heterocycles. The maximum absolute atomic E-state index is 12.3. The molecule has 0 heterocycles. The first-order valence-electron chi connectivity index (χ1n) is 9.79. The molecule has 29 heavy (non-hydrogen) atoms. The van der Waals surface area contributed by atoms with Crippen LogP contribution in [0.4, 0.5) is 0 Å². The first-order chi connectivity index (χ1) is 14.0. The van der Waals surface area contributed by atoms with Crippen LogP contribution < -0.4 is 9.47 Å². The Bertz CT molecular complexity index is 765. The summed E-state index contributed by atoms with van der Waals surface area (Å²) in [7, 11) is 0. The molecule has 6 nitrogen and oxygen atoms in total. The van der Waals surface area contributed by atoms with E-state index >= 15 is 0 Å². The molecule has 0 aromatic heterocycles. The smallest absolute Gasteiger partial charge is 0.343 e. The van der Waals surface area contributed by atoms with Crippen molar-refractivity contribution in [1.82, 2.24) is 0 Å². The Morgan fingerprint density at radius 1 is 0.793 bits per heavy atom. The average Bonchev–Trinajstić information content (AvgIpc) is 2.72. The predicted octanol–water partition coefficient (Wildman–Crippen LogP) is 4.52. The first-order valence-corrected chi connectivity index (χ1v) is 9.79. The van der Waals surface area contributed by atoms with Crippen LogP contribution in [0.15, 0.2) is 48.5 Å². The third kappa shape index (κ3) is 7.95. The van der Waals surface area contributed by atoms with Gasteiger partial charge in [-0.25, -0.2) is 9.59 Å². The number of ether oxygens (including phenoxy) is 4. The second-order valence-corrected chi connectivity index (χ2v) is 6.80. The Morgan fingerprint density at radius 2 is 1.38 bits per heavy atom. The van der Waals surface area contributed by atoms with Crippen molar-refractivity contribution in [1.29, 1.82) is 0 Å². The molecule has 0 unspecified atom stereocenters.